The fraction of sp³-hybridized carbons (Fsp3) is 0.360. The molecule has 0 bridgehead atoms. The number of nitrogens with one attached hydrogen (secondary N) is 1. The molecule has 3 aromatic rings. The lowest BCUT2D eigenvalue weighted by atomic mass is 10.0. The molecule has 9 heteroatoms. The number of hydrogen-bond acceptors (Lipinski definition) is 5. The van der Waals surface area contributed by atoms with Crippen molar-refractivity contribution in [1.82, 2.24) is 15.2 Å². The van der Waals surface area contributed by atoms with E-state index in [1.807, 2.05) is 30.9 Å². The molecular weight excluding hydrogens is 447 g/mol. The molecule has 0 radical (unpaired) electrons. The molecule has 0 saturated heterocycles. The van der Waals surface area contributed by atoms with Crippen LogP contribution in [0.25, 0.3) is 0 Å². The van der Waals surface area contributed by atoms with E-state index in [9.17, 15) is 18.0 Å². The normalized spacial score (nSPS) is 11.7. The van der Waals surface area contributed by atoms with Crippen molar-refractivity contribution in [2.45, 2.75) is 39.7 Å². The molecule has 1 aromatic heterocycles. The van der Waals surface area contributed by atoms with E-state index in [-0.39, 0.29) is 24.7 Å². The zero-order chi connectivity index (χ0) is 24.7. The number of aromatic nitrogens is 1. The predicted molar refractivity (Wildman–Crippen MR) is 121 cm³/mol. The Morgan fingerprint density at radius 1 is 1.12 bits per heavy atom. The van der Waals surface area contributed by atoms with Crippen LogP contribution < -0.4 is 5.32 Å². The zero-order valence-electron chi connectivity index (χ0n) is 19.4. The van der Waals surface area contributed by atoms with E-state index in [0.29, 0.717) is 31.2 Å². The highest BCUT2D eigenvalue weighted by Gasteiger charge is 2.30. The third-order valence-corrected chi connectivity index (χ3v) is 5.29. The van der Waals surface area contributed by atoms with Crippen LogP contribution in [-0.4, -0.2) is 36.1 Å². The Balaban J connectivity index is 1.80. The summed E-state index contributed by atoms with van der Waals surface area (Å²) in [5.74, 6) is -0.0838. The zero-order valence-corrected chi connectivity index (χ0v) is 19.4. The number of oxazole rings is 1. The number of rotatable bonds is 10. The summed E-state index contributed by atoms with van der Waals surface area (Å²) in [7, 11) is 1.54. The van der Waals surface area contributed by atoms with Crippen LogP contribution in [0.2, 0.25) is 0 Å². The van der Waals surface area contributed by atoms with E-state index in [4.69, 9.17) is 9.15 Å². The number of ether oxygens (including phenoxy) is 1. The van der Waals surface area contributed by atoms with Crippen molar-refractivity contribution < 1.29 is 27.1 Å². The number of hydrogen-bond donors (Lipinski definition) is 1. The van der Waals surface area contributed by atoms with Crippen molar-refractivity contribution in [3.8, 4) is 0 Å². The average molecular weight is 476 g/mol. The summed E-state index contributed by atoms with van der Waals surface area (Å²) < 4.78 is 50.0. The molecule has 3 rings (SSSR count). The summed E-state index contributed by atoms with van der Waals surface area (Å²) in [4.78, 5) is 18.4. The number of alkyl halides is 3. The minimum Gasteiger partial charge on any atom is -0.447 e. The van der Waals surface area contributed by atoms with E-state index < -0.39 is 11.7 Å². The summed E-state index contributed by atoms with van der Waals surface area (Å²) in [6.07, 6.45) is -3.14. The second kappa shape index (κ2) is 11.3. The van der Waals surface area contributed by atoms with Gasteiger partial charge in [-0.2, -0.15) is 13.2 Å². The molecule has 0 aliphatic rings. The van der Waals surface area contributed by atoms with Crippen molar-refractivity contribution in [1.29, 1.82) is 0 Å². The second-order valence-corrected chi connectivity index (χ2v) is 8.15. The van der Waals surface area contributed by atoms with Gasteiger partial charge in [0.05, 0.1) is 18.7 Å². The van der Waals surface area contributed by atoms with Crippen LogP contribution >= 0.6 is 0 Å². The van der Waals surface area contributed by atoms with Gasteiger partial charge in [0, 0.05) is 26.7 Å². The molecule has 2 aromatic carbocycles. The molecule has 6 nitrogen and oxygen atoms in total. The third kappa shape index (κ3) is 7.16. The lowest BCUT2D eigenvalue weighted by Gasteiger charge is -2.22. The number of carbonyl (C=O) groups excluding carboxylic acids is 1. The van der Waals surface area contributed by atoms with E-state index in [1.54, 1.807) is 6.07 Å². The van der Waals surface area contributed by atoms with E-state index in [0.717, 1.165) is 28.8 Å². The Hall–Kier alpha value is -3.17. The topological polar surface area (TPSA) is 67.6 Å². The Labute approximate surface area is 196 Å². The fourth-order valence-corrected chi connectivity index (χ4v) is 3.57. The van der Waals surface area contributed by atoms with E-state index in [2.05, 4.69) is 16.4 Å². The van der Waals surface area contributed by atoms with Crippen LogP contribution in [0.3, 0.4) is 0 Å². The van der Waals surface area contributed by atoms with Crippen LogP contribution in [0, 0.1) is 13.8 Å². The van der Waals surface area contributed by atoms with Crippen molar-refractivity contribution >= 4 is 5.91 Å². The first kappa shape index (κ1) is 25.5. The Morgan fingerprint density at radius 2 is 1.91 bits per heavy atom. The molecule has 0 saturated carbocycles. The van der Waals surface area contributed by atoms with Crippen LogP contribution in [0.1, 0.15) is 44.2 Å². The van der Waals surface area contributed by atoms with Gasteiger partial charge in [-0.15, -0.1) is 0 Å². The maximum atomic E-state index is 13.2. The van der Waals surface area contributed by atoms with Crippen molar-refractivity contribution in [2.24, 2.45) is 0 Å². The van der Waals surface area contributed by atoms with Gasteiger partial charge in [-0.05, 0) is 36.6 Å². The number of carbonyl (C=O) groups is 1. The molecule has 0 unspecified atom stereocenters. The van der Waals surface area contributed by atoms with Gasteiger partial charge in [0.15, 0.2) is 5.69 Å². The fourth-order valence-electron chi connectivity index (χ4n) is 3.57. The molecule has 0 atom stereocenters. The number of methoxy groups -OCH3 is 1. The van der Waals surface area contributed by atoms with Gasteiger partial charge in [-0.3, -0.25) is 9.69 Å². The molecule has 182 valence electrons. The van der Waals surface area contributed by atoms with Gasteiger partial charge in [-0.1, -0.05) is 42.0 Å². The molecule has 0 fully saturated rings. The molecule has 1 N–H and O–H groups in total. The SMILES string of the molecule is COCCNC(=O)c1coc(CN(Cc2cccc(C(F)(F)F)c2)Cc2ccc(C)cc2C)n1. The Kier molecular flexibility index (Phi) is 8.46. The van der Waals surface area contributed by atoms with Gasteiger partial charge in [0.25, 0.3) is 5.91 Å². The first-order valence-electron chi connectivity index (χ1n) is 10.8. The smallest absolute Gasteiger partial charge is 0.416 e. The minimum absolute atomic E-state index is 0.136. The standard InChI is InChI=1S/C25H28F3N3O3/c1-17-7-8-20(18(2)11-17)14-31(13-19-5-4-6-21(12-19)25(26,27)28)15-23-30-22(16-34-23)24(32)29-9-10-33-3/h4-8,11-12,16H,9-10,13-15H2,1-3H3,(H,29,32). The highest BCUT2D eigenvalue weighted by Crippen LogP contribution is 2.30. The predicted octanol–water partition coefficient (Wildman–Crippen LogP) is 4.89. The summed E-state index contributed by atoms with van der Waals surface area (Å²) in [5, 5.41) is 2.67. The van der Waals surface area contributed by atoms with Crippen molar-refractivity contribution in [3.05, 3.63) is 88.1 Å². The summed E-state index contributed by atoms with van der Waals surface area (Å²) in [6.45, 7) is 5.65. The molecular formula is C25H28F3N3O3. The van der Waals surface area contributed by atoms with Crippen LogP contribution in [0.5, 0.6) is 0 Å². The number of nitrogens with zero attached hydrogens (tertiary/aromatic N) is 2. The number of halogens is 3. The van der Waals surface area contributed by atoms with E-state index >= 15 is 0 Å². The molecule has 34 heavy (non-hydrogen) atoms. The van der Waals surface area contributed by atoms with E-state index in [1.165, 1.54) is 19.4 Å². The Bertz CT molecular complexity index is 1110. The first-order chi connectivity index (χ1) is 16.2. The minimum atomic E-state index is -4.41. The highest BCUT2D eigenvalue weighted by atomic mass is 19.4. The Morgan fingerprint density at radius 3 is 2.62 bits per heavy atom. The maximum absolute atomic E-state index is 13.2. The van der Waals surface area contributed by atoms with Gasteiger partial charge in [0.1, 0.15) is 6.26 Å². The maximum Gasteiger partial charge on any atom is 0.416 e. The van der Waals surface area contributed by atoms with Crippen LogP contribution in [0.15, 0.2) is 53.1 Å². The quantitative estimate of drug-likeness (QED) is 0.423. The van der Waals surface area contributed by atoms with Crippen molar-refractivity contribution in [2.75, 3.05) is 20.3 Å². The second-order valence-electron chi connectivity index (χ2n) is 8.15. The third-order valence-electron chi connectivity index (χ3n) is 5.29. The van der Waals surface area contributed by atoms with Gasteiger partial charge in [-0.25, -0.2) is 4.98 Å². The van der Waals surface area contributed by atoms with Gasteiger partial charge < -0.3 is 14.5 Å². The average Bonchev–Trinajstić information content (AvgIpc) is 3.24. The summed E-state index contributed by atoms with van der Waals surface area (Å²) in [5.41, 5.74) is 3.21. The monoisotopic (exact) mass is 475 g/mol. The summed E-state index contributed by atoms with van der Waals surface area (Å²) in [6, 6.07) is 11.3. The van der Waals surface area contributed by atoms with Crippen LogP contribution in [0.4, 0.5) is 13.2 Å². The molecule has 1 heterocycles. The number of aryl methyl sites for hydroxylation is 2. The summed E-state index contributed by atoms with van der Waals surface area (Å²) >= 11 is 0. The van der Waals surface area contributed by atoms with Gasteiger partial charge >= 0.3 is 6.18 Å². The first-order valence-corrected chi connectivity index (χ1v) is 10.8. The lowest BCUT2D eigenvalue weighted by Crippen LogP contribution is -2.27. The molecule has 0 spiro atoms. The van der Waals surface area contributed by atoms with Gasteiger partial charge in [0.2, 0.25) is 5.89 Å². The molecule has 0 aliphatic heterocycles. The number of amides is 1. The lowest BCUT2D eigenvalue weighted by molar-refractivity contribution is -0.137. The highest BCUT2D eigenvalue weighted by molar-refractivity contribution is 5.91. The number of benzene rings is 2. The van der Waals surface area contributed by atoms with Crippen LogP contribution in [-0.2, 0) is 30.5 Å². The van der Waals surface area contributed by atoms with Crippen molar-refractivity contribution in [3.63, 3.8) is 0 Å². The molecule has 0 aliphatic carbocycles. The molecule has 1 amide bonds. The largest absolute Gasteiger partial charge is 0.447 e.